The van der Waals surface area contributed by atoms with Crippen LogP contribution < -0.4 is 5.43 Å². The molecule has 0 bridgehead atoms. The average Bonchev–Trinajstić information content (AvgIpc) is 2.65. The average molecular weight is 190 g/mol. The minimum absolute atomic E-state index is 0.428. The van der Waals surface area contributed by atoms with Crippen LogP contribution in [0.25, 0.3) is 0 Å². The van der Waals surface area contributed by atoms with Crippen LogP contribution in [-0.2, 0) is 0 Å². The van der Waals surface area contributed by atoms with Crippen molar-refractivity contribution < 1.29 is 0 Å². The topological polar surface area (TPSA) is 24.4 Å². The highest BCUT2D eigenvalue weighted by atomic mass is 32.2. The zero-order valence-corrected chi connectivity index (χ0v) is 7.92. The smallest absolute Gasteiger partial charge is 0.0786 e. The lowest BCUT2D eigenvalue weighted by atomic mass is 9.96. The van der Waals surface area contributed by atoms with Gasteiger partial charge in [0.05, 0.1) is 6.04 Å². The second kappa shape index (κ2) is 2.77. The number of benzene rings is 1. The molecule has 2 heterocycles. The van der Waals surface area contributed by atoms with Gasteiger partial charge in [0.15, 0.2) is 0 Å². The van der Waals surface area contributed by atoms with Crippen molar-refractivity contribution in [3.05, 3.63) is 29.8 Å². The van der Waals surface area contributed by atoms with Crippen LogP contribution >= 0.6 is 11.8 Å². The maximum absolute atomic E-state index is 4.14. The van der Waals surface area contributed by atoms with Crippen LogP contribution in [0.5, 0.6) is 0 Å². The maximum Gasteiger partial charge on any atom is 0.0786 e. The summed E-state index contributed by atoms with van der Waals surface area (Å²) in [6.07, 6.45) is 2.04. The van der Waals surface area contributed by atoms with E-state index in [-0.39, 0.29) is 0 Å². The van der Waals surface area contributed by atoms with Crippen molar-refractivity contribution >= 4 is 18.0 Å². The fourth-order valence-electron chi connectivity index (χ4n) is 1.90. The molecule has 3 rings (SSSR count). The zero-order valence-electron chi connectivity index (χ0n) is 7.10. The van der Waals surface area contributed by atoms with Gasteiger partial charge in [0, 0.05) is 22.8 Å². The summed E-state index contributed by atoms with van der Waals surface area (Å²) >= 11 is 1.93. The predicted octanol–water partition coefficient (Wildman–Crippen LogP) is 2.04. The van der Waals surface area contributed by atoms with Gasteiger partial charge in [0.2, 0.25) is 0 Å². The van der Waals surface area contributed by atoms with Gasteiger partial charge < -0.3 is 5.43 Å². The van der Waals surface area contributed by atoms with E-state index in [1.165, 1.54) is 10.5 Å². The Morgan fingerprint density at radius 1 is 1.38 bits per heavy atom. The molecule has 0 unspecified atom stereocenters. The molecule has 0 radical (unpaired) electrons. The number of fused-ring (bicyclic) bond motifs is 3. The molecular weight excluding hydrogens is 180 g/mol. The summed E-state index contributed by atoms with van der Waals surface area (Å²) in [4.78, 5) is 1.40. The van der Waals surface area contributed by atoms with Crippen molar-refractivity contribution in [3.8, 4) is 0 Å². The standard InChI is InChI=1S/C10H10N2S/c1-2-4-9-8(3-1)10-7(6-13-9)5-11-12-10/h1-5,7,10,12H,6H2/t7-,10-/m1/s1. The third kappa shape index (κ3) is 1.07. The van der Waals surface area contributed by atoms with Crippen molar-refractivity contribution in [2.45, 2.75) is 10.9 Å². The van der Waals surface area contributed by atoms with E-state index in [0.29, 0.717) is 12.0 Å². The Kier molecular flexibility index (Phi) is 1.59. The number of hydrogen-bond donors (Lipinski definition) is 1. The molecule has 0 spiro atoms. The monoisotopic (exact) mass is 190 g/mol. The van der Waals surface area contributed by atoms with E-state index < -0.39 is 0 Å². The van der Waals surface area contributed by atoms with Gasteiger partial charge in [0.25, 0.3) is 0 Å². The third-order valence-corrected chi connectivity index (χ3v) is 3.83. The first-order chi connectivity index (χ1) is 6.45. The highest BCUT2D eigenvalue weighted by molar-refractivity contribution is 7.99. The summed E-state index contributed by atoms with van der Waals surface area (Å²) in [7, 11) is 0. The van der Waals surface area contributed by atoms with Gasteiger partial charge in [-0.25, -0.2) is 0 Å². The summed E-state index contributed by atoms with van der Waals surface area (Å²) in [5.74, 6) is 1.73. The minimum atomic E-state index is 0.428. The Morgan fingerprint density at radius 3 is 3.31 bits per heavy atom. The molecule has 0 amide bonds. The van der Waals surface area contributed by atoms with E-state index in [9.17, 15) is 0 Å². The number of hydrogen-bond acceptors (Lipinski definition) is 3. The highest BCUT2D eigenvalue weighted by Crippen LogP contribution is 2.40. The Balaban J connectivity index is 2.08. The van der Waals surface area contributed by atoms with Crippen molar-refractivity contribution in [3.63, 3.8) is 0 Å². The van der Waals surface area contributed by atoms with E-state index in [0.717, 1.165) is 5.75 Å². The molecule has 2 nitrogen and oxygen atoms in total. The summed E-state index contributed by atoms with van der Waals surface area (Å²) in [6.45, 7) is 0. The second-order valence-corrected chi connectivity index (χ2v) is 4.46. The Hall–Kier alpha value is -0.960. The zero-order chi connectivity index (χ0) is 8.67. The summed E-state index contributed by atoms with van der Waals surface area (Å²) in [5, 5.41) is 4.14. The molecule has 2 atom stereocenters. The van der Waals surface area contributed by atoms with Gasteiger partial charge in [-0.05, 0) is 11.6 Å². The summed E-state index contributed by atoms with van der Waals surface area (Å²) < 4.78 is 0. The molecule has 1 N–H and O–H groups in total. The fourth-order valence-corrected chi connectivity index (χ4v) is 3.08. The molecular formula is C10H10N2S. The third-order valence-electron chi connectivity index (χ3n) is 2.59. The first-order valence-corrected chi connectivity index (χ1v) is 5.44. The molecule has 2 aliphatic heterocycles. The fraction of sp³-hybridized carbons (Fsp3) is 0.300. The molecule has 66 valence electrons. The van der Waals surface area contributed by atoms with Crippen molar-refractivity contribution in [2.24, 2.45) is 11.0 Å². The predicted molar refractivity (Wildman–Crippen MR) is 55.0 cm³/mol. The Bertz CT molecular complexity index is 362. The number of nitrogens with zero attached hydrogens (tertiary/aromatic N) is 1. The van der Waals surface area contributed by atoms with Gasteiger partial charge in [0.1, 0.15) is 0 Å². The molecule has 1 aromatic rings. The second-order valence-electron chi connectivity index (χ2n) is 3.40. The largest absolute Gasteiger partial charge is 0.302 e. The summed E-state index contributed by atoms with van der Waals surface area (Å²) in [6, 6.07) is 9.01. The van der Waals surface area contributed by atoms with Gasteiger partial charge in [-0.1, -0.05) is 18.2 Å². The Labute approximate surface area is 81.4 Å². The van der Waals surface area contributed by atoms with E-state index in [4.69, 9.17) is 0 Å². The van der Waals surface area contributed by atoms with E-state index in [2.05, 4.69) is 34.8 Å². The van der Waals surface area contributed by atoms with Crippen molar-refractivity contribution in [2.75, 3.05) is 5.75 Å². The van der Waals surface area contributed by atoms with E-state index >= 15 is 0 Å². The molecule has 0 aromatic heterocycles. The lowest BCUT2D eigenvalue weighted by molar-refractivity contribution is 0.517. The number of thioether (sulfide) groups is 1. The van der Waals surface area contributed by atoms with Crippen LogP contribution in [0.1, 0.15) is 11.6 Å². The van der Waals surface area contributed by atoms with Crippen LogP contribution in [0.2, 0.25) is 0 Å². The van der Waals surface area contributed by atoms with Crippen molar-refractivity contribution in [1.29, 1.82) is 0 Å². The lowest BCUT2D eigenvalue weighted by Crippen LogP contribution is -2.24. The molecule has 0 aliphatic carbocycles. The van der Waals surface area contributed by atoms with Crippen molar-refractivity contribution in [1.82, 2.24) is 5.43 Å². The first kappa shape index (κ1) is 7.44. The number of rotatable bonds is 0. The summed E-state index contributed by atoms with van der Waals surface area (Å²) in [5.41, 5.74) is 4.57. The molecule has 1 aromatic carbocycles. The van der Waals surface area contributed by atoms with Gasteiger partial charge >= 0.3 is 0 Å². The van der Waals surface area contributed by atoms with E-state index in [1.807, 2.05) is 18.0 Å². The number of hydrazone groups is 1. The molecule has 3 heteroatoms. The maximum atomic E-state index is 4.14. The highest BCUT2D eigenvalue weighted by Gasteiger charge is 2.31. The van der Waals surface area contributed by atoms with E-state index in [1.54, 1.807) is 0 Å². The number of nitrogens with one attached hydrogen (secondary N) is 1. The molecule has 13 heavy (non-hydrogen) atoms. The SMILES string of the molecule is C1=NN[C@H]2c3ccccc3SC[C@@H]12. The van der Waals surface area contributed by atoms with Gasteiger partial charge in [-0.2, -0.15) is 5.10 Å². The molecule has 0 fully saturated rings. The van der Waals surface area contributed by atoms with Crippen LogP contribution in [0.4, 0.5) is 0 Å². The van der Waals surface area contributed by atoms with Gasteiger partial charge in [-0.15, -0.1) is 11.8 Å². The first-order valence-electron chi connectivity index (χ1n) is 4.45. The lowest BCUT2D eigenvalue weighted by Gasteiger charge is -2.25. The van der Waals surface area contributed by atoms with Crippen LogP contribution in [0, 0.1) is 5.92 Å². The quantitative estimate of drug-likeness (QED) is 0.677. The van der Waals surface area contributed by atoms with Crippen LogP contribution in [0.3, 0.4) is 0 Å². The van der Waals surface area contributed by atoms with Gasteiger partial charge in [-0.3, -0.25) is 0 Å². The normalized spacial score (nSPS) is 29.2. The Morgan fingerprint density at radius 2 is 2.31 bits per heavy atom. The van der Waals surface area contributed by atoms with Crippen LogP contribution in [0.15, 0.2) is 34.3 Å². The minimum Gasteiger partial charge on any atom is -0.302 e. The van der Waals surface area contributed by atoms with Crippen LogP contribution in [-0.4, -0.2) is 12.0 Å². The molecule has 0 saturated heterocycles. The molecule has 0 saturated carbocycles. The molecule has 2 aliphatic rings.